The van der Waals surface area contributed by atoms with Crippen LogP contribution in [0.25, 0.3) is 0 Å². The lowest BCUT2D eigenvalue weighted by atomic mass is 10.1. The normalized spacial score (nSPS) is 28.1. The van der Waals surface area contributed by atoms with Crippen molar-refractivity contribution >= 4 is 10.8 Å². The molecule has 0 bridgehead atoms. The molecule has 1 N–H and O–H groups in total. The van der Waals surface area contributed by atoms with Gasteiger partial charge in [0.2, 0.25) is 0 Å². The summed E-state index contributed by atoms with van der Waals surface area (Å²) < 4.78 is 11.4. The van der Waals surface area contributed by atoms with Crippen LogP contribution in [0.1, 0.15) is 18.1 Å². The highest BCUT2D eigenvalue weighted by molar-refractivity contribution is 7.85. The molecule has 0 saturated heterocycles. The van der Waals surface area contributed by atoms with Gasteiger partial charge in [0.15, 0.2) is 0 Å². The Morgan fingerprint density at radius 1 is 1.42 bits per heavy atom. The third-order valence-corrected chi connectivity index (χ3v) is 3.57. The minimum atomic E-state index is -0.896. The minimum absolute atomic E-state index is 0.418. The Labute approximate surface area is 73.7 Å². The van der Waals surface area contributed by atoms with Gasteiger partial charge in [-0.05, 0) is 18.1 Å². The second-order valence-corrected chi connectivity index (χ2v) is 4.43. The van der Waals surface area contributed by atoms with Gasteiger partial charge in [-0.25, -0.2) is 0 Å². The van der Waals surface area contributed by atoms with E-state index < -0.39 is 16.9 Å². The maximum Gasteiger partial charge on any atom is 0.0810 e. The molecule has 2 atom stereocenters. The molecule has 0 amide bonds. The molecular formula is C9H10O2S. The lowest BCUT2D eigenvalue weighted by Crippen LogP contribution is -2.14. The second kappa shape index (κ2) is 2.99. The monoisotopic (exact) mass is 182 g/mol. The molecular weight excluding hydrogens is 172 g/mol. The van der Waals surface area contributed by atoms with Crippen LogP contribution in [0.5, 0.6) is 0 Å². The lowest BCUT2D eigenvalue weighted by molar-refractivity contribution is 0.169. The number of benzene rings is 1. The molecule has 2 rings (SSSR count). The summed E-state index contributed by atoms with van der Waals surface area (Å²) >= 11 is 0. The fourth-order valence-corrected chi connectivity index (χ4v) is 2.80. The van der Waals surface area contributed by atoms with Crippen LogP contribution in [-0.4, -0.2) is 15.1 Å². The first-order valence-corrected chi connectivity index (χ1v) is 5.26. The summed E-state index contributed by atoms with van der Waals surface area (Å²) in [6, 6.07) is 7.39. The van der Waals surface area contributed by atoms with E-state index in [0.29, 0.717) is 12.2 Å². The molecule has 1 aromatic rings. The van der Waals surface area contributed by atoms with Crippen molar-refractivity contribution in [3.05, 3.63) is 29.8 Å². The molecule has 2 unspecified atom stereocenters. The zero-order valence-corrected chi connectivity index (χ0v) is 7.38. The Kier molecular flexibility index (Phi) is 1.98. The topological polar surface area (TPSA) is 37.3 Å². The molecule has 0 radical (unpaired) electrons. The van der Waals surface area contributed by atoms with Crippen LogP contribution in [0, 0.1) is 0 Å². The number of hydrogen-bond acceptors (Lipinski definition) is 2. The van der Waals surface area contributed by atoms with Gasteiger partial charge in [0.1, 0.15) is 0 Å². The van der Waals surface area contributed by atoms with E-state index in [4.69, 9.17) is 0 Å². The van der Waals surface area contributed by atoms with Gasteiger partial charge in [0.25, 0.3) is 0 Å². The first kappa shape index (κ1) is 7.95. The average Bonchev–Trinajstić information content (AvgIpc) is 2.12. The number of fused-ring (bicyclic) bond motifs is 1. The molecule has 12 heavy (non-hydrogen) atoms. The maximum absolute atomic E-state index is 11.4. The molecule has 0 aromatic heterocycles. The zero-order valence-electron chi connectivity index (χ0n) is 6.56. The molecule has 0 spiro atoms. The number of aliphatic hydroxyl groups is 1. The standard InChI is InChI=1S/C9H10O2S/c10-8-5-6-12(11)9-4-2-1-3-7(8)9/h1-4,8,10H,5-6H2. The first-order valence-electron chi connectivity index (χ1n) is 3.94. The second-order valence-electron chi connectivity index (χ2n) is 2.89. The molecule has 1 aromatic carbocycles. The van der Waals surface area contributed by atoms with E-state index in [2.05, 4.69) is 0 Å². The molecule has 0 saturated carbocycles. The Balaban J connectivity index is 2.55. The molecule has 1 aliphatic heterocycles. The zero-order chi connectivity index (χ0) is 8.55. The smallest absolute Gasteiger partial charge is 0.0810 e. The van der Waals surface area contributed by atoms with Crippen LogP contribution in [0.15, 0.2) is 29.2 Å². The maximum atomic E-state index is 11.4. The van der Waals surface area contributed by atoms with Crippen LogP contribution in [0.2, 0.25) is 0 Å². The summed E-state index contributed by atoms with van der Waals surface area (Å²) in [6.45, 7) is 0. The van der Waals surface area contributed by atoms with Gasteiger partial charge in [-0.2, -0.15) is 0 Å². The van der Waals surface area contributed by atoms with E-state index in [1.807, 2.05) is 24.3 Å². The van der Waals surface area contributed by atoms with Crippen molar-refractivity contribution in [2.24, 2.45) is 0 Å². The molecule has 2 nitrogen and oxygen atoms in total. The van der Waals surface area contributed by atoms with Crippen molar-refractivity contribution in [1.82, 2.24) is 0 Å². The van der Waals surface area contributed by atoms with Crippen LogP contribution in [0.4, 0.5) is 0 Å². The van der Waals surface area contributed by atoms with E-state index in [0.717, 1.165) is 10.5 Å². The van der Waals surface area contributed by atoms with E-state index in [1.165, 1.54) is 0 Å². The Hall–Kier alpha value is -0.670. The number of aliphatic hydroxyl groups excluding tert-OH is 1. The van der Waals surface area contributed by atoms with Crippen molar-refractivity contribution in [3.8, 4) is 0 Å². The third-order valence-electron chi connectivity index (χ3n) is 2.10. The highest BCUT2D eigenvalue weighted by atomic mass is 32.2. The van der Waals surface area contributed by atoms with Gasteiger partial charge in [-0.3, -0.25) is 4.21 Å². The summed E-state index contributed by atoms with van der Waals surface area (Å²) in [5, 5.41) is 9.54. The fraction of sp³-hybridized carbons (Fsp3) is 0.333. The van der Waals surface area contributed by atoms with Crippen molar-refractivity contribution in [1.29, 1.82) is 0 Å². The number of hydrogen-bond donors (Lipinski definition) is 1. The molecule has 64 valence electrons. The van der Waals surface area contributed by atoms with Crippen molar-refractivity contribution in [3.63, 3.8) is 0 Å². The van der Waals surface area contributed by atoms with Gasteiger partial charge >= 0.3 is 0 Å². The highest BCUT2D eigenvalue weighted by Crippen LogP contribution is 2.28. The Morgan fingerprint density at radius 2 is 2.17 bits per heavy atom. The summed E-state index contributed by atoms with van der Waals surface area (Å²) in [4.78, 5) is 0.802. The molecule has 3 heteroatoms. The molecule has 1 aliphatic rings. The van der Waals surface area contributed by atoms with Gasteiger partial charge in [-0.15, -0.1) is 0 Å². The van der Waals surface area contributed by atoms with Crippen LogP contribution in [0.3, 0.4) is 0 Å². The van der Waals surface area contributed by atoms with E-state index in [9.17, 15) is 9.32 Å². The Bertz CT molecular complexity index is 322. The van der Waals surface area contributed by atoms with E-state index in [-0.39, 0.29) is 0 Å². The summed E-state index contributed by atoms with van der Waals surface area (Å²) in [5.41, 5.74) is 0.835. The largest absolute Gasteiger partial charge is 0.388 e. The first-order chi connectivity index (χ1) is 5.79. The van der Waals surface area contributed by atoms with Crippen molar-refractivity contribution in [2.75, 3.05) is 5.75 Å². The predicted molar refractivity (Wildman–Crippen MR) is 47.3 cm³/mol. The Morgan fingerprint density at radius 3 is 2.92 bits per heavy atom. The van der Waals surface area contributed by atoms with E-state index >= 15 is 0 Å². The summed E-state index contributed by atoms with van der Waals surface area (Å²) in [6.07, 6.45) is 0.197. The lowest BCUT2D eigenvalue weighted by Gasteiger charge is -2.19. The molecule has 1 heterocycles. The van der Waals surface area contributed by atoms with Crippen LogP contribution >= 0.6 is 0 Å². The van der Waals surface area contributed by atoms with Crippen LogP contribution in [-0.2, 0) is 10.8 Å². The highest BCUT2D eigenvalue weighted by Gasteiger charge is 2.21. The quantitative estimate of drug-likeness (QED) is 0.655. The summed E-state index contributed by atoms with van der Waals surface area (Å²) in [7, 11) is -0.896. The predicted octanol–water partition coefficient (Wildman–Crippen LogP) is 1.23. The van der Waals surface area contributed by atoms with Gasteiger partial charge in [0.05, 0.1) is 16.9 Å². The minimum Gasteiger partial charge on any atom is -0.388 e. The third kappa shape index (κ3) is 1.19. The molecule has 0 fully saturated rings. The van der Waals surface area contributed by atoms with Crippen LogP contribution < -0.4 is 0 Å². The van der Waals surface area contributed by atoms with Crippen molar-refractivity contribution in [2.45, 2.75) is 17.4 Å². The van der Waals surface area contributed by atoms with E-state index in [1.54, 1.807) is 0 Å². The molecule has 0 aliphatic carbocycles. The average molecular weight is 182 g/mol. The van der Waals surface area contributed by atoms with Gasteiger partial charge in [0, 0.05) is 10.6 Å². The fourth-order valence-electron chi connectivity index (χ4n) is 1.45. The van der Waals surface area contributed by atoms with Gasteiger partial charge in [-0.1, -0.05) is 18.2 Å². The number of rotatable bonds is 0. The van der Waals surface area contributed by atoms with Crippen molar-refractivity contribution < 1.29 is 9.32 Å². The van der Waals surface area contributed by atoms with Gasteiger partial charge < -0.3 is 5.11 Å². The summed E-state index contributed by atoms with van der Waals surface area (Å²) in [5.74, 6) is 0.582. The SMILES string of the molecule is O=S1CCC(O)c2ccccc21.